The van der Waals surface area contributed by atoms with Gasteiger partial charge in [-0.25, -0.2) is 9.97 Å². The molecule has 0 aromatic carbocycles. The third-order valence-corrected chi connectivity index (χ3v) is 4.17. The van der Waals surface area contributed by atoms with E-state index in [4.69, 9.17) is 16.3 Å². The Labute approximate surface area is 144 Å². The fourth-order valence-electron chi connectivity index (χ4n) is 2.47. The second-order valence-electron chi connectivity index (χ2n) is 5.69. The lowest BCUT2D eigenvalue weighted by molar-refractivity contribution is -0.137. The molecular weight excluding hydrogens is 359 g/mol. The Hall–Kier alpha value is -2.42. The molecule has 0 radical (unpaired) electrons. The standard InChI is InChI=1S/C15H11ClF3N5O/c1-25-14-9-6-21-24(12(9)22-11(23-14)7-2-3-7)13-10(16)4-8(5-20-13)15(17,18)19/h4-7H,2-3H2,1H3. The number of hydrogen-bond donors (Lipinski definition) is 0. The summed E-state index contributed by atoms with van der Waals surface area (Å²) < 4.78 is 44.9. The van der Waals surface area contributed by atoms with Crippen molar-refractivity contribution in [2.75, 3.05) is 7.11 Å². The maximum atomic E-state index is 12.8. The molecule has 1 aliphatic carbocycles. The lowest BCUT2D eigenvalue weighted by Crippen LogP contribution is -2.09. The predicted molar refractivity (Wildman–Crippen MR) is 83.0 cm³/mol. The van der Waals surface area contributed by atoms with Gasteiger partial charge in [-0.1, -0.05) is 11.6 Å². The highest BCUT2D eigenvalue weighted by molar-refractivity contribution is 6.32. The van der Waals surface area contributed by atoms with Crippen molar-refractivity contribution in [1.29, 1.82) is 0 Å². The van der Waals surface area contributed by atoms with Crippen LogP contribution in [0.1, 0.15) is 30.1 Å². The summed E-state index contributed by atoms with van der Waals surface area (Å²) in [5.41, 5.74) is -0.536. The van der Waals surface area contributed by atoms with Crippen LogP contribution in [0.15, 0.2) is 18.5 Å². The Morgan fingerprint density at radius 1 is 1.24 bits per heavy atom. The van der Waals surface area contributed by atoms with Gasteiger partial charge in [-0.05, 0) is 18.9 Å². The summed E-state index contributed by atoms with van der Waals surface area (Å²) in [4.78, 5) is 12.7. The molecule has 25 heavy (non-hydrogen) atoms. The molecule has 0 aliphatic heterocycles. The first-order valence-corrected chi connectivity index (χ1v) is 7.79. The van der Waals surface area contributed by atoms with Crippen molar-refractivity contribution in [2.45, 2.75) is 24.9 Å². The first kappa shape index (κ1) is 16.1. The first-order valence-electron chi connectivity index (χ1n) is 7.41. The molecule has 0 spiro atoms. The molecule has 6 nitrogen and oxygen atoms in total. The highest BCUT2D eigenvalue weighted by Gasteiger charge is 2.32. The van der Waals surface area contributed by atoms with Gasteiger partial charge in [0.15, 0.2) is 11.5 Å². The van der Waals surface area contributed by atoms with Crippen molar-refractivity contribution in [3.63, 3.8) is 0 Å². The van der Waals surface area contributed by atoms with Crippen LogP contribution >= 0.6 is 11.6 Å². The highest BCUT2D eigenvalue weighted by Crippen LogP contribution is 2.40. The number of nitrogens with zero attached hydrogens (tertiary/aromatic N) is 5. The Morgan fingerprint density at radius 2 is 2.00 bits per heavy atom. The monoisotopic (exact) mass is 369 g/mol. The van der Waals surface area contributed by atoms with Crippen LogP contribution < -0.4 is 4.74 Å². The van der Waals surface area contributed by atoms with Crippen LogP contribution in [-0.2, 0) is 6.18 Å². The van der Waals surface area contributed by atoms with Gasteiger partial charge in [0, 0.05) is 12.1 Å². The van der Waals surface area contributed by atoms with Crippen LogP contribution in [0.4, 0.5) is 13.2 Å². The summed E-state index contributed by atoms with van der Waals surface area (Å²) in [7, 11) is 1.49. The average Bonchev–Trinajstić information content (AvgIpc) is 3.33. The summed E-state index contributed by atoms with van der Waals surface area (Å²) in [5, 5.41) is 4.51. The predicted octanol–water partition coefficient (Wildman–Crippen LogP) is 3.77. The van der Waals surface area contributed by atoms with E-state index in [-0.39, 0.29) is 16.8 Å². The van der Waals surface area contributed by atoms with E-state index in [0.717, 1.165) is 25.1 Å². The molecule has 0 unspecified atom stereocenters. The number of fused-ring (bicyclic) bond motifs is 1. The van der Waals surface area contributed by atoms with E-state index in [1.165, 1.54) is 18.0 Å². The van der Waals surface area contributed by atoms with Crippen LogP contribution in [0, 0.1) is 0 Å². The van der Waals surface area contributed by atoms with Crippen molar-refractivity contribution < 1.29 is 17.9 Å². The Kier molecular flexibility index (Phi) is 3.57. The summed E-state index contributed by atoms with van der Waals surface area (Å²) in [6.07, 6.45) is -0.356. The van der Waals surface area contributed by atoms with Crippen LogP contribution in [0.25, 0.3) is 16.9 Å². The van der Waals surface area contributed by atoms with Gasteiger partial charge in [-0.3, -0.25) is 0 Å². The summed E-state index contributed by atoms with van der Waals surface area (Å²) in [6, 6.07) is 0.817. The lowest BCUT2D eigenvalue weighted by Gasteiger charge is -2.10. The van der Waals surface area contributed by atoms with E-state index >= 15 is 0 Å². The molecule has 3 aromatic rings. The van der Waals surface area contributed by atoms with Gasteiger partial charge < -0.3 is 4.74 Å². The molecule has 130 valence electrons. The van der Waals surface area contributed by atoms with Gasteiger partial charge in [0.05, 0.1) is 23.9 Å². The molecular formula is C15H11ClF3N5O. The fraction of sp³-hybridized carbons (Fsp3) is 0.333. The quantitative estimate of drug-likeness (QED) is 0.703. The smallest absolute Gasteiger partial charge is 0.417 e. The number of rotatable bonds is 3. The second kappa shape index (κ2) is 5.55. The molecule has 3 aromatic heterocycles. The van der Waals surface area contributed by atoms with E-state index in [2.05, 4.69) is 20.1 Å². The van der Waals surface area contributed by atoms with Crippen molar-refractivity contribution in [3.05, 3.63) is 34.9 Å². The maximum absolute atomic E-state index is 12.8. The first-order chi connectivity index (χ1) is 11.9. The summed E-state index contributed by atoms with van der Waals surface area (Å²) in [5.74, 6) is 1.31. The molecule has 3 heterocycles. The molecule has 1 aliphatic rings. The molecule has 0 saturated heterocycles. The van der Waals surface area contributed by atoms with Gasteiger partial charge in [0.25, 0.3) is 0 Å². The number of pyridine rings is 1. The molecule has 10 heteroatoms. The van der Waals surface area contributed by atoms with Gasteiger partial charge in [0.1, 0.15) is 11.2 Å². The SMILES string of the molecule is COc1nc(C2CC2)nc2c1cnn2-c1ncc(C(F)(F)F)cc1Cl. The number of ether oxygens (including phenoxy) is 1. The largest absolute Gasteiger partial charge is 0.480 e. The van der Waals surface area contributed by atoms with Crippen LogP contribution in [0.3, 0.4) is 0 Å². The van der Waals surface area contributed by atoms with Crippen LogP contribution in [0.2, 0.25) is 5.02 Å². The minimum Gasteiger partial charge on any atom is -0.480 e. The van der Waals surface area contributed by atoms with Gasteiger partial charge in [0.2, 0.25) is 5.88 Å². The zero-order valence-electron chi connectivity index (χ0n) is 12.9. The van der Waals surface area contributed by atoms with Crippen molar-refractivity contribution in [2.24, 2.45) is 0 Å². The molecule has 4 rings (SSSR count). The summed E-state index contributed by atoms with van der Waals surface area (Å²) in [6.45, 7) is 0. The van der Waals surface area contributed by atoms with E-state index in [9.17, 15) is 13.2 Å². The van der Waals surface area contributed by atoms with Gasteiger partial charge in [-0.2, -0.15) is 27.9 Å². The molecule has 1 fully saturated rings. The minimum absolute atomic E-state index is 0.0622. The maximum Gasteiger partial charge on any atom is 0.417 e. The van der Waals surface area contributed by atoms with Gasteiger partial charge in [-0.15, -0.1) is 0 Å². The Morgan fingerprint density at radius 3 is 2.60 bits per heavy atom. The van der Waals surface area contributed by atoms with Crippen molar-refractivity contribution >= 4 is 22.6 Å². The van der Waals surface area contributed by atoms with Crippen LogP contribution in [0.5, 0.6) is 5.88 Å². The molecule has 0 atom stereocenters. The lowest BCUT2D eigenvalue weighted by atomic mass is 10.3. The fourth-order valence-corrected chi connectivity index (χ4v) is 2.72. The Balaban J connectivity index is 1.88. The average molecular weight is 370 g/mol. The highest BCUT2D eigenvalue weighted by atomic mass is 35.5. The van der Waals surface area contributed by atoms with Crippen LogP contribution in [-0.4, -0.2) is 31.8 Å². The van der Waals surface area contributed by atoms with E-state index in [0.29, 0.717) is 22.7 Å². The second-order valence-corrected chi connectivity index (χ2v) is 6.09. The normalized spacial score (nSPS) is 14.9. The number of methoxy groups -OCH3 is 1. The van der Waals surface area contributed by atoms with E-state index in [1.54, 1.807) is 0 Å². The van der Waals surface area contributed by atoms with Crippen molar-refractivity contribution in [3.8, 4) is 11.7 Å². The molecule has 0 N–H and O–H groups in total. The molecule has 0 amide bonds. The number of halogens is 4. The van der Waals surface area contributed by atoms with Gasteiger partial charge >= 0.3 is 6.18 Å². The number of alkyl halides is 3. The van der Waals surface area contributed by atoms with E-state index < -0.39 is 11.7 Å². The molecule has 1 saturated carbocycles. The molecule has 0 bridgehead atoms. The van der Waals surface area contributed by atoms with E-state index in [1.807, 2.05) is 0 Å². The summed E-state index contributed by atoms with van der Waals surface area (Å²) >= 11 is 6.02. The topological polar surface area (TPSA) is 65.7 Å². The zero-order valence-corrected chi connectivity index (χ0v) is 13.6. The third kappa shape index (κ3) is 2.78. The van der Waals surface area contributed by atoms with Crippen molar-refractivity contribution in [1.82, 2.24) is 24.7 Å². The number of aromatic nitrogens is 5. The third-order valence-electron chi connectivity index (χ3n) is 3.90. The minimum atomic E-state index is -4.52. The number of hydrogen-bond acceptors (Lipinski definition) is 5. The Bertz CT molecular complexity index is 968. The zero-order chi connectivity index (χ0) is 17.8.